The van der Waals surface area contributed by atoms with Crippen molar-refractivity contribution < 1.29 is 22.8 Å². The van der Waals surface area contributed by atoms with Gasteiger partial charge in [0.1, 0.15) is 19.0 Å². The lowest BCUT2D eigenvalue weighted by molar-refractivity contribution is -0.386. The van der Waals surface area contributed by atoms with Crippen molar-refractivity contribution in [2.45, 2.75) is 32.6 Å². The quantitative estimate of drug-likeness (QED) is 0.329. The molecule has 0 heterocycles. The van der Waals surface area contributed by atoms with E-state index in [1.807, 2.05) is 32.0 Å². The fourth-order valence-corrected chi connectivity index (χ4v) is 4.44. The van der Waals surface area contributed by atoms with Crippen molar-refractivity contribution in [3.05, 3.63) is 57.6 Å². The van der Waals surface area contributed by atoms with Gasteiger partial charge in [-0.3, -0.25) is 10.1 Å². The summed E-state index contributed by atoms with van der Waals surface area (Å²) >= 11 is 0. The highest BCUT2D eigenvalue weighted by Crippen LogP contribution is 2.31. The summed E-state index contributed by atoms with van der Waals surface area (Å²) in [6, 6.07) is 9.47. The normalized spacial score (nSPS) is 11.5. The highest BCUT2D eigenvalue weighted by molar-refractivity contribution is 7.89. The Kier molecular flexibility index (Phi) is 7.58. The molecule has 0 aliphatic heterocycles. The zero-order chi connectivity index (χ0) is 21.6. The van der Waals surface area contributed by atoms with Crippen LogP contribution in [0.15, 0.2) is 41.3 Å². The van der Waals surface area contributed by atoms with E-state index in [1.165, 1.54) is 16.4 Å². The standard InChI is InChI=1S/C20H26N2O6S/c1-5-21(6-2)29(25,26)17-10-11-19(18(14-17)22(23)24)27-12-13-28-20-15(3)8-7-9-16(20)4/h7-11,14H,5-6,12-13H2,1-4H3. The van der Waals surface area contributed by atoms with Crippen LogP contribution in [0.1, 0.15) is 25.0 Å². The lowest BCUT2D eigenvalue weighted by atomic mass is 10.1. The summed E-state index contributed by atoms with van der Waals surface area (Å²) in [6.07, 6.45) is 0. The minimum absolute atomic E-state index is 0.00129. The summed E-state index contributed by atoms with van der Waals surface area (Å²) in [5, 5.41) is 11.4. The molecular formula is C20H26N2O6S. The second kappa shape index (κ2) is 9.71. The zero-order valence-corrected chi connectivity index (χ0v) is 17.9. The number of nitro benzene ring substituents is 1. The number of nitro groups is 1. The molecule has 0 N–H and O–H groups in total. The number of para-hydroxylation sites is 1. The van der Waals surface area contributed by atoms with Crippen LogP contribution in [0.25, 0.3) is 0 Å². The van der Waals surface area contributed by atoms with E-state index in [0.717, 1.165) is 22.9 Å². The van der Waals surface area contributed by atoms with Crippen LogP contribution >= 0.6 is 0 Å². The zero-order valence-electron chi connectivity index (χ0n) is 17.0. The first-order valence-electron chi connectivity index (χ1n) is 9.32. The number of rotatable bonds is 10. The highest BCUT2D eigenvalue weighted by Gasteiger charge is 2.26. The first kappa shape index (κ1) is 22.6. The number of ether oxygens (including phenoxy) is 2. The maximum Gasteiger partial charge on any atom is 0.312 e. The summed E-state index contributed by atoms with van der Waals surface area (Å²) in [4.78, 5) is 10.7. The second-order valence-corrected chi connectivity index (χ2v) is 8.33. The molecule has 0 unspecified atom stereocenters. The van der Waals surface area contributed by atoms with E-state index in [2.05, 4.69) is 0 Å². The van der Waals surface area contributed by atoms with Crippen LogP contribution in [0, 0.1) is 24.0 Å². The topological polar surface area (TPSA) is 99.0 Å². The molecule has 0 radical (unpaired) electrons. The van der Waals surface area contributed by atoms with E-state index < -0.39 is 20.6 Å². The van der Waals surface area contributed by atoms with Gasteiger partial charge in [-0.25, -0.2) is 8.42 Å². The molecule has 2 aromatic rings. The molecule has 158 valence electrons. The van der Waals surface area contributed by atoms with Gasteiger partial charge in [-0.15, -0.1) is 0 Å². The summed E-state index contributed by atoms with van der Waals surface area (Å²) in [6.45, 7) is 8.12. The molecule has 0 aliphatic carbocycles. The fraction of sp³-hybridized carbons (Fsp3) is 0.400. The Labute approximate surface area is 171 Å². The molecule has 0 aliphatic rings. The van der Waals surface area contributed by atoms with E-state index in [1.54, 1.807) is 13.8 Å². The molecule has 8 nitrogen and oxygen atoms in total. The monoisotopic (exact) mass is 422 g/mol. The summed E-state index contributed by atoms with van der Waals surface area (Å²) in [7, 11) is -3.80. The van der Waals surface area contributed by atoms with Crippen molar-refractivity contribution in [3.63, 3.8) is 0 Å². The molecule has 29 heavy (non-hydrogen) atoms. The summed E-state index contributed by atoms with van der Waals surface area (Å²) < 4.78 is 37.7. The third kappa shape index (κ3) is 5.24. The van der Waals surface area contributed by atoms with Gasteiger partial charge in [-0.1, -0.05) is 32.0 Å². The van der Waals surface area contributed by atoms with Crippen LogP contribution < -0.4 is 9.47 Å². The van der Waals surface area contributed by atoms with Crippen molar-refractivity contribution in [1.82, 2.24) is 4.31 Å². The Bertz CT molecular complexity index is 951. The Morgan fingerprint density at radius 1 is 1.00 bits per heavy atom. The van der Waals surface area contributed by atoms with Gasteiger partial charge in [0, 0.05) is 19.2 Å². The minimum Gasteiger partial charge on any atom is -0.489 e. The second-order valence-electron chi connectivity index (χ2n) is 6.39. The molecule has 0 amide bonds. The molecular weight excluding hydrogens is 396 g/mol. The molecule has 0 atom stereocenters. The smallest absolute Gasteiger partial charge is 0.312 e. The van der Waals surface area contributed by atoms with Crippen molar-refractivity contribution >= 4 is 15.7 Å². The molecule has 0 fully saturated rings. The molecule has 9 heteroatoms. The number of benzene rings is 2. The van der Waals surface area contributed by atoms with E-state index in [0.29, 0.717) is 0 Å². The van der Waals surface area contributed by atoms with Gasteiger partial charge in [0.15, 0.2) is 5.75 Å². The number of nitrogens with zero attached hydrogens (tertiary/aromatic N) is 2. The SMILES string of the molecule is CCN(CC)S(=O)(=O)c1ccc(OCCOc2c(C)cccc2C)c([N+](=O)[O-])c1. The van der Waals surface area contributed by atoms with E-state index >= 15 is 0 Å². The molecule has 0 saturated carbocycles. The van der Waals surface area contributed by atoms with Crippen LogP contribution in [0.3, 0.4) is 0 Å². The maximum atomic E-state index is 12.6. The van der Waals surface area contributed by atoms with Crippen LogP contribution in [0.4, 0.5) is 5.69 Å². The molecule has 0 aromatic heterocycles. The van der Waals surface area contributed by atoms with Crippen LogP contribution in [-0.4, -0.2) is 43.9 Å². The maximum absolute atomic E-state index is 12.6. The third-order valence-electron chi connectivity index (χ3n) is 4.47. The molecule has 0 spiro atoms. The number of hydrogen-bond donors (Lipinski definition) is 0. The van der Waals surface area contributed by atoms with Crippen molar-refractivity contribution in [2.75, 3.05) is 26.3 Å². The van der Waals surface area contributed by atoms with Gasteiger partial charge >= 0.3 is 5.69 Å². The van der Waals surface area contributed by atoms with Gasteiger partial charge in [0.25, 0.3) is 0 Å². The van der Waals surface area contributed by atoms with Crippen LogP contribution in [0.2, 0.25) is 0 Å². The molecule has 2 aromatic carbocycles. The van der Waals surface area contributed by atoms with Gasteiger partial charge < -0.3 is 9.47 Å². The average Bonchev–Trinajstić information content (AvgIpc) is 2.67. The first-order chi connectivity index (χ1) is 13.7. The molecule has 2 rings (SSSR count). The largest absolute Gasteiger partial charge is 0.489 e. The van der Waals surface area contributed by atoms with Crippen molar-refractivity contribution in [3.8, 4) is 11.5 Å². The predicted molar refractivity (Wildman–Crippen MR) is 110 cm³/mol. The van der Waals surface area contributed by atoms with Gasteiger partial charge in [-0.05, 0) is 37.1 Å². The highest BCUT2D eigenvalue weighted by atomic mass is 32.2. The number of aryl methyl sites for hydroxylation is 2. The Morgan fingerprint density at radius 2 is 1.59 bits per heavy atom. The lowest BCUT2D eigenvalue weighted by Gasteiger charge is -2.18. The Morgan fingerprint density at radius 3 is 2.14 bits per heavy atom. The molecule has 0 saturated heterocycles. The van der Waals surface area contributed by atoms with Crippen LogP contribution in [-0.2, 0) is 10.0 Å². The van der Waals surface area contributed by atoms with Crippen LogP contribution in [0.5, 0.6) is 11.5 Å². The van der Waals surface area contributed by atoms with E-state index in [4.69, 9.17) is 9.47 Å². The fourth-order valence-electron chi connectivity index (χ4n) is 2.96. The summed E-state index contributed by atoms with van der Waals surface area (Å²) in [5.41, 5.74) is 1.58. The van der Waals surface area contributed by atoms with E-state index in [-0.39, 0.29) is 36.9 Å². The van der Waals surface area contributed by atoms with Gasteiger partial charge in [0.2, 0.25) is 10.0 Å². The average molecular weight is 423 g/mol. The first-order valence-corrected chi connectivity index (χ1v) is 10.8. The van der Waals surface area contributed by atoms with Crippen molar-refractivity contribution in [1.29, 1.82) is 0 Å². The Hall–Kier alpha value is -2.65. The third-order valence-corrected chi connectivity index (χ3v) is 6.51. The van der Waals surface area contributed by atoms with Gasteiger partial charge in [0.05, 0.1) is 9.82 Å². The van der Waals surface area contributed by atoms with Crippen molar-refractivity contribution in [2.24, 2.45) is 0 Å². The number of sulfonamides is 1. The Balaban J connectivity index is 2.14. The van der Waals surface area contributed by atoms with E-state index in [9.17, 15) is 18.5 Å². The summed E-state index contributed by atoms with van der Waals surface area (Å²) in [5.74, 6) is 0.755. The minimum atomic E-state index is -3.80. The molecule has 0 bridgehead atoms. The predicted octanol–water partition coefficient (Wildman–Crippen LogP) is 3.70. The number of hydrogen-bond acceptors (Lipinski definition) is 6. The van der Waals surface area contributed by atoms with Gasteiger partial charge in [-0.2, -0.15) is 4.31 Å². The lowest BCUT2D eigenvalue weighted by Crippen LogP contribution is -2.30.